The van der Waals surface area contributed by atoms with Gasteiger partial charge < -0.3 is 20.0 Å². The second-order valence-electron chi connectivity index (χ2n) is 7.40. The molecule has 3 amide bonds. The Morgan fingerprint density at radius 3 is 2.29 bits per heavy atom. The highest BCUT2D eigenvalue weighted by molar-refractivity contribution is 5.93. The van der Waals surface area contributed by atoms with Gasteiger partial charge in [-0.2, -0.15) is 0 Å². The molecule has 1 aliphatic heterocycles. The largest absolute Gasteiger partial charge is 0.472 e. The smallest absolute Gasteiger partial charge is 0.315 e. The number of hydrogen-bond acceptors (Lipinski definition) is 3. The molecule has 1 aromatic heterocycles. The number of carbonyl (C=O) groups excluding carboxylic acids is 2. The van der Waals surface area contributed by atoms with Crippen LogP contribution in [0.25, 0.3) is 0 Å². The predicted molar refractivity (Wildman–Crippen MR) is 88.5 cm³/mol. The van der Waals surface area contributed by atoms with E-state index in [2.05, 4.69) is 10.6 Å². The van der Waals surface area contributed by atoms with Crippen molar-refractivity contribution in [3.8, 4) is 0 Å². The number of nitrogens with zero attached hydrogens (tertiary/aromatic N) is 1. The molecule has 3 aliphatic rings. The zero-order valence-electron chi connectivity index (χ0n) is 13.9. The molecule has 0 bridgehead atoms. The Bertz CT molecular complexity index is 573. The van der Waals surface area contributed by atoms with Crippen molar-refractivity contribution in [1.29, 1.82) is 0 Å². The number of furan rings is 1. The zero-order valence-corrected chi connectivity index (χ0v) is 13.9. The summed E-state index contributed by atoms with van der Waals surface area (Å²) in [5, 5.41) is 6.30. The third-order valence-electron chi connectivity index (χ3n) is 5.44. The summed E-state index contributed by atoms with van der Waals surface area (Å²) in [5.41, 5.74) is 0.593. The molecule has 6 nitrogen and oxygen atoms in total. The number of rotatable bonds is 5. The fourth-order valence-corrected chi connectivity index (χ4v) is 3.71. The molecule has 2 N–H and O–H groups in total. The van der Waals surface area contributed by atoms with Gasteiger partial charge in [-0.3, -0.25) is 4.79 Å². The van der Waals surface area contributed by atoms with Gasteiger partial charge in [0, 0.05) is 25.2 Å². The van der Waals surface area contributed by atoms with Crippen LogP contribution in [0.15, 0.2) is 23.0 Å². The van der Waals surface area contributed by atoms with Crippen LogP contribution in [0.5, 0.6) is 0 Å². The first-order chi connectivity index (χ1) is 11.7. The van der Waals surface area contributed by atoms with E-state index >= 15 is 0 Å². The van der Waals surface area contributed by atoms with Gasteiger partial charge in [0.2, 0.25) is 0 Å². The van der Waals surface area contributed by atoms with Crippen molar-refractivity contribution in [1.82, 2.24) is 15.5 Å². The standard InChI is InChI=1S/C18H25N3O3/c22-17(14-7-10-24-11-14)21-8-5-15(6-9-21)19-18(23)20-16(12-1-2-12)13-3-4-13/h7,10-13,15-16H,1-6,8-9H2,(H2,19,20,23). The zero-order chi connectivity index (χ0) is 16.5. The van der Waals surface area contributed by atoms with Crippen molar-refractivity contribution in [3.63, 3.8) is 0 Å². The second-order valence-corrected chi connectivity index (χ2v) is 7.40. The predicted octanol–water partition coefficient (Wildman–Crippen LogP) is 2.37. The normalized spacial score (nSPS) is 21.8. The van der Waals surface area contributed by atoms with E-state index < -0.39 is 0 Å². The maximum Gasteiger partial charge on any atom is 0.315 e. The number of likely N-dealkylation sites (tertiary alicyclic amines) is 1. The van der Waals surface area contributed by atoms with E-state index in [0.29, 0.717) is 36.5 Å². The Balaban J connectivity index is 1.22. The summed E-state index contributed by atoms with van der Waals surface area (Å²) in [5.74, 6) is 1.42. The highest BCUT2D eigenvalue weighted by Gasteiger charge is 2.42. The maximum atomic E-state index is 12.3. The van der Waals surface area contributed by atoms with E-state index in [0.717, 1.165) is 12.8 Å². The maximum absolute atomic E-state index is 12.3. The Labute approximate surface area is 142 Å². The van der Waals surface area contributed by atoms with Gasteiger partial charge in [0.05, 0.1) is 11.8 Å². The molecule has 1 aromatic rings. The third-order valence-corrected chi connectivity index (χ3v) is 5.44. The lowest BCUT2D eigenvalue weighted by atomic mass is 10.0. The van der Waals surface area contributed by atoms with Crippen molar-refractivity contribution in [3.05, 3.63) is 24.2 Å². The van der Waals surface area contributed by atoms with E-state index in [1.807, 2.05) is 4.90 Å². The summed E-state index contributed by atoms with van der Waals surface area (Å²) in [4.78, 5) is 26.4. The molecule has 0 spiro atoms. The van der Waals surface area contributed by atoms with Gasteiger partial charge in [0.25, 0.3) is 5.91 Å². The number of urea groups is 1. The number of amides is 3. The quantitative estimate of drug-likeness (QED) is 0.870. The Morgan fingerprint density at radius 2 is 1.75 bits per heavy atom. The van der Waals surface area contributed by atoms with Crippen LogP contribution in [-0.4, -0.2) is 42.0 Å². The van der Waals surface area contributed by atoms with Crippen molar-refractivity contribution in [2.24, 2.45) is 11.8 Å². The van der Waals surface area contributed by atoms with Crippen LogP contribution in [0.1, 0.15) is 48.9 Å². The van der Waals surface area contributed by atoms with Gasteiger partial charge in [0.15, 0.2) is 0 Å². The highest BCUT2D eigenvalue weighted by Crippen LogP contribution is 2.44. The lowest BCUT2D eigenvalue weighted by Gasteiger charge is -2.32. The van der Waals surface area contributed by atoms with Gasteiger partial charge >= 0.3 is 6.03 Å². The lowest BCUT2D eigenvalue weighted by Crippen LogP contribution is -2.51. The number of piperidine rings is 1. The van der Waals surface area contributed by atoms with Gasteiger partial charge in [-0.1, -0.05) is 0 Å². The van der Waals surface area contributed by atoms with Crippen molar-refractivity contribution < 1.29 is 14.0 Å². The van der Waals surface area contributed by atoms with E-state index in [4.69, 9.17) is 4.42 Å². The molecule has 0 radical (unpaired) electrons. The monoisotopic (exact) mass is 331 g/mol. The summed E-state index contributed by atoms with van der Waals surface area (Å²) in [6.45, 7) is 1.34. The van der Waals surface area contributed by atoms with Gasteiger partial charge in [-0.25, -0.2) is 4.79 Å². The number of hydrogen-bond donors (Lipinski definition) is 2. The van der Waals surface area contributed by atoms with Crippen LogP contribution in [-0.2, 0) is 0 Å². The van der Waals surface area contributed by atoms with Crippen molar-refractivity contribution in [2.75, 3.05) is 13.1 Å². The first-order valence-corrected chi connectivity index (χ1v) is 9.09. The molecule has 0 atom stereocenters. The third kappa shape index (κ3) is 3.57. The molecule has 3 fully saturated rings. The average molecular weight is 331 g/mol. The summed E-state index contributed by atoms with van der Waals surface area (Å²) >= 11 is 0. The highest BCUT2D eigenvalue weighted by atomic mass is 16.3. The van der Waals surface area contributed by atoms with Gasteiger partial charge in [0.1, 0.15) is 6.26 Å². The summed E-state index contributed by atoms with van der Waals surface area (Å²) in [6.07, 6.45) is 9.64. The number of nitrogens with one attached hydrogen (secondary N) is 2. The van der Waals surface area contributed by atoms with Crippen LogP contribution in [0, 0.1) is 11.8 Å². The van der Waals surface area contributed by atoms with Crippen molar-refractivity contribution in [2.45, 2.75) is 50.6 Å². The molecular formula is C18H25N3O3. The second kappa shape index (κ2) is 6.49. The minimum Gasteiger partial charge on any atom is -0.472 e. The molecule has 0 aromatic carbocycles. The molecule has 2 saturated carbocycles. The van der Waals surface area contributed by atoms with Gasteiger partial charge in [-0.15, -0.1) is 0 Å². The first-order valence-electron chi connectivity index (χ1n) is 9.09. The van der Waals surface area contributed by atoms with Crippen LogP contribution in [0.4, 0.5) is 4.79 Å². The average Bonchev–Trinajstić information content (AvgIpc) is 3.52. The minimum absolute atomic E-state index is 0.00850. The van der Waals surface area contributed by atoms with Crippen molar-refractivity contribution >= 4 is 11.9 Å². The van der Waals surface area contributed by atoms with Crippen LogP contribution >= 0.6 is 0 Å². The Kier molecular flexibility index (Phi) is 4.21. The summed E-state index contributed by atoms with van der Waals surface area (Å²) in [6, 6.07) is 2.19. The summed E-state index contributed by atoms with van der Waals surface area (Å²) in [7, 11) is 0. The summed E-state index contributed by atoms with van der Waals surface area (Å²) < 4.78 is 4.97. The molecule has 0 unspecified atom stereocenters. The first kappa shape index (κ1) is 15.5. The number of carbonyl (C=O) groups is 2. The molecule has 24 heavy (non-hydrogen) atoms. The molecular weight excluding hydrogens is 306 g/mol. The van der Waals surface area contributed by atoms with E-state index in [-0.39, 0.29) is 18.0 Å². The molecule has 4 rings (SSSR count). The van der Waals surface area contributed by atoms with Gasteiger partial charge in [-0.05, 0) is 56.4 Å². The van der Waals surface area contributed by atoms with Crippen LogP contribution in [0.3, 0.4) is 0 Å². The lowest BCUT2D eigenvalue weighted by molar-refractivity contribution is 0.0707. The van der Waals surface area contributed by atoms with Crippen LogP contribution < -0.4 is 10.6 Å². The van der Waals surface area contributed by atoms with E-state index in [1.54, 1.807) is 6.07 Å². The minimum atomic E-state index is -0.0292. The molecule has 2 aliphatic carbocycles. The van der Waals surface area contributed by atoms with Crippen LogP contribution in [0.2, 0.25) is 0 Å². The van der Waals surface area contributed by atoms with E-state index in [9.17, 15) is 9.59 Å². The molecule has 130 valence electrons. The molecule has 1 saturated heterocycles. The topological polar surface area (TPSA) is 74.6 Å². The molecule has 2 heterocycles. The van der Waals surface area contributed by atoms with E-state index in [1.165, 1.54) is 38.2 Å². The molecule has 6 heteroatoms. The fourth-order valence-electron chi connectivity index (χ4n) is 3.71. The fraction of sp³-hybridized carbons (Fsp3) is 0.667. The SMILES string of the molecule is O=C(NC1CCN(C(=O)c2ccoc2)CC1)NC(C1CC1)C1CC1. The Hall–Kier alpha value is -1.98. The Morgan fingerprint density at radius 1 is 1.08 bits per heavy atom.